The van der Waals surface area contributed by atoms with Crippen molar-refractivity contribution in [3.05, 3.63) is 48.0 Å². The summed E-state index contributed by atoms with van der Waals surface area (Å²) in [5, 5.41) is 14.1. The van der Waals surface area contributed by atoms with Crippen LogP contribution < -0.4 is 14.2 Å². The molecular formula is C23H20N4O4S. The quantitative estimate of drug-likeness (QED) is 0.489. The van der Waals surface area contributed by atoms with Crippen molar-refractivity contribution in [2.45, 2.75) is 12.1 Å². The Kier molecular flexibility index (Phi) is 6.42. The van der Waals surface area contributed by atoms with Crippen molar-refractivity contribution >= 4 is 23.3 Å². The van der Waals surface area contributed by atoms with Gasteiger partial charge in [0.15, 0.2) is 23.1 Å². The molecule has 3 aromatic rings. The van der Waals surface area contributed by atoms with E-state index < -0.39 is 0 Å². The van der Waals surface area contributed by atoms with E-state index in [1.165, 1.54) is 6.92 Å². The number of nitrogens with zero attached hydrogens (tertiary/aromatic N) is 4. The molecule has 0 N–H and O–H groups in total. The van der Waals surface area contributed by atoms with E-state index >= 15 is 0 Å². The number of ether oxygens (including phenoxy) is 3. The Morgan fingerprint density at radius 1 is 1.12 bits per heavy atom. The van der Waals surface area contributed by atoms with Crippen LogP contribution in [0.25, 0.3) is 11.4 Å². The number of carbonyl (C=O) groups excluding carboxylic acids is 1. The number of ketones is 1. The van der Waals surface area contributed by atoms with Crippen LogP contribution in [0.2, 0.25) is 0 Å². The molecule has 0 bridgehead atoms. The first-order valence-corrected chi connectivity index (χ1v) is 10.7. The highest BCUT2D eigenvalue weighted by Gasteiger charge is 2.21. The van der Waals surface area contributed by atoms with Crippen molar-refractivity contribution in [1.29, 1.82) is 0 Å². The number of terminal acetylenes is 1. The molecule has 9 heteroatoms. The van der Waals surface area contributed by atoms with Crippen LogP contribution in [0.1, 0.15) is 12.5 Å². The number of Topliss-reactive ketones (excluding diaryl/α,β-unsaturated/α-hetero) is 1. The second kappa shape index (κ2) is 9.58. The maximum atomic E-state index is 11.1. The number of hydrogen-bond acceptors (Lipinski definition) is 8. The summed E-state index contributed by atoms with van der Waals surface area (Å²) >= 11 is 1.55. The molecule has 32 heavy (non-hydrogen) atoms. The average molecular weight is 449 g/mol. The van der Waals surface area contributed by atoms with Crippen LogP contribution in [0, 0.1) is 12.3 Å². The molecule has 8 nitrogen and oxygen atoms in total. The molecule has 0 fully saturated rings. The number of methoxy groups -OCH3 is 1. The molecule has 2 aromatic carbocycles. The summed E-state index contributed by atoms with van der Waals surface area (Å²) in [4.78, 5) is 11.1. The standard InChI is InChI=1S/C23H20N4O4S/c1-4-11-30-21-12-17(7-10-20(21)29-3)19-14-32-23-25-24-22(27(23)26-19)16-5-8-18(9-6-16)31-13-15(2)28/h1,5-10,12H,11,13-14H2,2-3H3. The normalized spacial score (nSPS) is 12.3. The van der Waals surface area contributed by atoms with Gasteiger partial charge < -0.3 is 14.2 Å². The van der Waals surface area contributed by atoms with E-state index in [2.05, 4.69) is 16.1 Å². The zero-order valence-corrected chi connectivity index (χ0v) is 18.4. The van der Waals surface area contributed by atoms with Crippen molar-refractivity contribution in [3.63, 3.8) is 0 Å². The lowest BCUT2D eigenvalue weighted by Gasteiger charge is -2.16. The van der Waals surface area contributed by atoms with Gasteiger partial charge in [-0.2, -0.15) is 9.78 Å². The summed E-state index contributed by atoms with van der Waals surface area (Å²) in [5.41, 5.74) is 2.57. The Labute approximate surface area is 189 Å². The molecule has 0 saturated heterocycles. The molecule has 0 atom stereocenters. The van der Waals surface area contributed by atoms with Gasteiger partial charge >= 0.3 is 0 Å². The zero-order valence-electron chi connectivity index (χ0n) is 17.6. The minimum atomic E-state index is -0.0362. The summed E-state index contributed by atoms with van der Waals surface area (Å²) in [5.74, 6) is 5.45. The summed E-state index contributed by atoms with van der Waals surface area (Å²) in [6.07, 6.45) is 5.32. The number of fused-ring (bicyclic) bond motifs is 1. The maximum absolute atomic E-state index is 11.1. The first-order chi connectivity index (χ1) is 15.6. The summed E-state index contributed by atoms with van der Waals surface area (Å²) in [7, 11) is 1.58. The van der Waals surface area contributed by atoms with E-state index in [4.69, 9.17) is 25.7 Å². The first-order valence-electron chi connectivity index (χ1n) is 9.72. The van der Waals surface area contributed by atoms with Crippen LogP contribution in [-0.2, 0) is 4.79 Å². The smallest absolute Gasteiger partial charge is 0.212 e. The predicted octanol–water partition coefficient (Wildman–Crippen LogP) is 3.29. The van der Waals surface area contributed by atoms with Gasteiger partial charge in [-0.05, 0) is 49.4 Å². The molecule has 0 radical (unpaired) electrons. The number of carbonyl (C=O) groups is 1. The molecule has 0 unspecified atom stereocenters. The van der Waals surface area contributed by atoms with Gasteiger partial charge in [0, 0.05) is 16.9 Å². The second-order valence-electron chi connectivity index (χ2n) is 6.83. The largest absolute Gasteiger partial charge is 0.493 e. The molecule has 1 aliphatic heterocycles. The zero-order chi connectivity index (χ0) is 22.5. The monoisotopic (exact) mass is 448 g/mol. The average Bonchev–Trinajstić information content (AvgIpc) is 3.24. The van der Waals surface area contributed by atoms with Gasteiger partial charge in [-0.25, -0.2) is 0 Å². The van der Waals surface area contributed by atoms with Gasteiger partial charge in [-0.3, -0.25) is 4.79 Å². The van der Waals surface area contributed by atoms with E-state index in [1.807, 2.05) is 30.3 Å². The number of aromatic nitrogens is 3. The summed E-state index contributed by atoms with van der Waals surface area (Å²) in [6.45, 7) is 1.67. The molecule has 0 amide bonds. The third kappa shape index (κ3) is 4.60. The van der Waals surface area contributed by atoms with Crippen molar-refractivity contribution in [2.75, 3.05) is 26.1 Å². The Hall–Kier alpha value is -3.77. The van der Waals surface area contributed by atoms with Gasteiger partial charge in [0.25, 0.3) is 0 Å². The molecule has 2 heterocycles. The Bertz CT molecular complexity index is 1210. The molecular weight excluding hydrogens is 428 g/mol. The molecule has 4 rings (SSSR count). The van der Waals surface area contributed by atoms with Crippen LogP contribution in [0.3, 0.4) is 0 Å². The van der Waals surface area contributed by atoms with Crippen LogP contribution in [0.15, 0.2) is 52.7 Å². The van der Waals surface area contributed by atoms with Gasteiger partial charge in [0.1, 0.15) is 19.0 Å². The van der Waals surface area contributed by atoms with Gasteiger partial charge in [0.2, 0.25) is 5.16 Å². The molecule has 0 aliphatic carbocycles. The van der Waals surface area contributed by atoms with E-state index in [9.17, 15) is 4.79 Å². The highest BCUT2D eigenvalue weighted by Crippen LogP contribution is 2.32. The molecule has 1 aliphatic rings. The molecule has 1 aromatic heterocycles. The fraction of sp³-hybridized carbons (Fsp3) is 0.217. The lowest BCUT2D eigenvalue weighted by molar-refractivity contribution is -0.118. The third-order valence-electron chi connectivity index (χ3n) is 4.53. The summed E-state index contributed by atoms with van der Waals surface area (Å²) in [6, 6.07) is 12.9. The Balaban J connectivity index is 1.63. The third-order valence-corrected chi connectivity index (χ3v) is 5.46. The van der Waals surface area contributed by atoms with Crippen molar-refractivity contribution in [3.8, 4) is 41.0 Å². The topological polar surface area (TPSA) is 87.8 Å². The van der Waals surface area contributed by atoms with E-state index in [0.29, 0.717) is 34.0 Å². The van der Waals surface area contributed by atoms with Crippen molar-refractivity contribution < 1.29 is 19.0 Å². The summed E-state index contributed by atoms with van der Waals surface area (Å²) < 4.78 is 18.1. The number of benzene rings is 2. The second-order valence-corrected chi connectivity index (χ2v) is 7.77. The highest BCUT2D eigenvalue weighted by atomic mass is 32.2. The van der Waals surface area contributed by atoms with Crippen LogP contribution in [0.5, 0.6) is 17.2 Å². The number of rotatable bonds is 8. The lowest BCUT2D eigenvalue weighted by atomic mass is 10.1. The minimum absolute atomic E-state index is 0.0362. The predicted molar refractivity (Wildman–Crippen MR) is 122 cm³/mol. The van der Waals surface area contributed by atoms with Crippen LogP contribution >= 0.6 is 11.8 Å². The van der Waals surface area contributed by atoms with Crippen molar-refractivity contribution in [2.24, 2.45) is 5.10 Å². The fourth-order valence-electron chi connectivity index (χ4n) is 3.02. The first kappa shape index (κ1) is 21.5. The van der Waals surface area contributed by atoms with Crippen molar-refractivity contribution in [1.82, 2.24) is 14.9 Å². The Morgan fingerprint density at radius 3 is 2.62 bits per heavy atom. The number of thioether (sulfide) groups is 1. The maximum Gasteiger partial charge on any atom is 0.212 e. The van der Waals surface area contributed by atoms with Gasteiger partial charge in [-0.1, -0.05) is 17.7 Å². The van der Waals surface area contributed by atoms with Crippen LogP contribution in [0.4, 0.5) is 0 Å². The lowest BCUT2D eigenvalue weighted by Crippen LogP contribution is -2.14. The number of hydrogen-bond donors (Lipinski definition) is 0. The van der Waals surface area contributed by atoms with E-state index in [1.54, 1.807) is 35.7 Å². The van der Waals surface area contributed by atoms with E-state index in [-0.39, 0.29) is 19.0 Å². The highest BCUT2D eigenvalue weighted by molar-refractivity contribution is 7.99. The fourth-order valence-corrected chi connectivity index (χ4v) is 3.86. The SMILES string of the molecule is C#CCOc1cc(C2=Nn3c(nnc3-c3ccc(OCC(C)=O)cc3)SC2)ccc1OC. The minimum Gasteiger partial charge on any atom is -0.493 e. The van der Waals surface area contributed by atoms with Gasteiger partial charge in [-0.15, -0.1) is 16.6 Å². The Morgan fingerprint density at radius 2 is 1.91 bits per heavy atom. The van der Waals surface area contributed by atoms with E-state index in [0.717, 1.165) is 16.8 Å². The molecule has 0 saturated carbocycles. The molecule has 0 spiro atoms. The molecule has 162 valence electrons. The van der Waals surface area contributed by atoms with Crippen LogP contribution in [-0.4, -0.2) is 52.4 Å². The van der Waals surface area contributed by atoms with Gasteiger partial charge in [0.05, 0.1) is 12.8 Å².